The molecule has 27 heavy (non-hydrogen) atoms. The summed E-state index contributed by atoms with van der Waals surface area (Å²) in [7, 11) is -3.37. The molecule has 3 rings (SSSR count). The zero-order chi connectivity index (χ0) is 19.8. The fourth-order valence-corrected chi connectivity index (χ4v) is 4.66. The van der Waals surface area contributed by atoms with E-state index in [0.717, 1.165) is 16.5 Å². The van der Waals surface area contributed by atoms with Gasteiger partial charge in [0.25, 0.3) is 5.91 Å². The Bertz CT molecular complexity index is 1190. The number of carbonyl (C=O) groups excluding carboxylic acids is 1. The molecule has 0 saturated heterocycles. The van der Waals surface area contributed by atoms with E-state index in [1.165, 1.54) is 29.0 Å². The van der Waals surface area contributed by atoms with Gasteiger partial charge in [-0.25, -0.2) is 8.42 Å². The van der Waals surface area contributed by atoms with E-state index in [2.05, 4.69) is 37.0 Å². The molecule has 1 heterocycles. The summed E-state index contributed by atoms with van der Waals surface area (Å²) in [5.41, 5.74) is 2.55. The first-order valence-electron chi connectivity index (χ1n) is 8.73. The van der Waals surface area contributed by atoms with Crippen LogP contribution < -0.4 is 4.80 Å². The number of rotatable bonds is 4. The van der Waals surface area contributed by atoms with E-state index in [4.69, 9.17) is 0 Å². The fourth-order valence-electron chi connectivity index (χ4n) is 2.85. The Morgan fingerprint density at radius 2 is 1.93 bits per heavy atom. The van der Waals surface area contributed by atoms with Gasteiger partial charge in [0.2, 0.25) is 0 Å². The van der Waals surface area contributed by atoms with Crippen LogP contribution in [0.25, 0.3) is 10.2 Å². The van der Waals surface area contributed by atoms with E-state index >= 15 is 0 Å². The van der Waals surface area contributed by atoms with Gasteiger partial charge in [0.15, 0.2) is 14.6 Å². The summed E-state index contributed by atoms with van der Waals surface area (Å²) in [6.45, 7) is 6.99. The standard InChI is InChI=1S/C20H22N2O3S2/c1-5-22-17-10-9-14(13(2)3)12-18(17)26-20(22)21-19(23)15-7-6-8-16(11-15)27(4,24)25/h6-13H,5H2,1-4H3. The molecule has 1 amide bonds. The van der Waals surface area contributed by atoms with E-state index in [-0.39, 0.29) is 10.5 Å². The van der Waals surface area contributed by atoms with Gasteiger partial charge in [0.05, 0.1) is 15.1 Å². The SMILES string of the molecule is CCn1c(=NC(=O)c2cccc(S(C)(=O)=O)c2)sc2cc(C(C)C)ccc21. The molecule has 0 atom stereocenters. The Hall–Kier alpha value is -2.25. The van der Waals surface area contributed by atoms with Crippen molar-refractivity contribution in [3.05, 3.63) is 58.4 Å². The highest BCUT2D eigenvalue weighted by Crippen LogP contribution is 2.23. The zero-order valence-electron chi connectivity index (χ0n) is 15.8. The maximum absolute atomic E-state index is 12.6. The molecular formula is C20H22N2O3S2. The van der Waals surface area contributed by atoms with Crippen molar-refractivity contribution in [1.82, 2.24) is 4.57 Å². The molecule has 0 radical (unpaired) electrons. The number of aromatic nitrogens is 1. The fraction of sp³-hybridized carbons (Fsp3) is 0.300. The molecule has 0 aliphatic rings. The minimum atomic E-state index is -3.37. The third kappa shape index (κ3) is 4.04. The summed E-state index contributed by atoms with van der Waals surface area (Å²) >= 11 is 1.47. The van der Waals surface area contributed by atoms with Crippen LogP contribution in [0.5, 0.6) is 0 Å². The molecule has 142 valence electrons. The summed E-state index contributed by atoms with van der Waals surface area (Å²) in [6, 6.07) is 12.3. The van der Waals surface area contributed by atoms with E-state index in [9.17, 15) is 13.2 Å². The number of sulfone groups is 1. The van der Waals surface area contributed by atoms with Crippen LogP contribution in [0.2, 0.25) is 0 Å². The van der Waals surface area contributed by atoms with E-state index in [1.807, 2.05) is 11.5 Å². The predicted molar refractivity (Wildman–Crippen MR) is 109 cm³/mol. The van der Waals surface area contributed by atoms with Crippen LogP contribution in [0.1, 0.15) is 42.6 Å². The van der Waals surface area contributed by atoms with Crippen LogP contribution in [-0.2, 0) is 16.4 Å². The molecule has 0 fully saturated rings. The third-order valence-corrected chi connectivity index (χ3v) is 6.55. The zero-order valence-corrected chi connectivity index (χ0v) is 17.4. The molecule has 2 aromatic carbocycles. The summed E-state index contributed by atoms with van der Waals surface area (Å²) in [6.07, 6.45) is 1.12. The largest absolute Gasteiger partial charge is 0.317 e. The first-order valence-corrected chi connectivity index (χ1v) is 11.4. The average Bonchev–Trinajstić information content (AvgIpc) is 2.97. The van der Waals surface area contributed by atoms with Gasteiger partial charge in [-0.1, -0.05) is 37.3 Å². The van der Waals surface area contributed by atoms with Crippen LogP contribution in [0.3, 0.4) is 0 Å². The lowest BCUT2D eigenvalue weighted by atomic mass is 10.0. The highest BCUT2D eigenvalue weighted by molar-refractivity contribution is 7.90. The summed E-state index contributed by atoms with van der Waals surface area (Å²) < 4.78 is 26.5. The van der Waals surface area contributed by atoms with Gasteiger partial charge < -0.3 is 4.57 Å². The number of thiazole rings is 1. The lowest BCUT2D eigenvalue weighted by Crippen LogP contribution is -2.16. The molecule has 0 spiro atoms. The van der Waals surface area contributed by atoms with Gasteiger partial charge in [-0.3, -0.25) is 4.79 Å². The Labute approximate surface area is 162 Å². The molecule has 0 N–H and O–H groups in total. The number of benzene rings is 2. The molecule has 0 aliphatic heterocycles. The predicted octanol–water partition coefficient (Wildman–Crippen LogP) is 3.99. The van der Waals surface area contributed by atoms with Gasteiger partial charge in [-0.2, -0.15) is 4.99 Å². The number of nitrogens with zero attached hydrogens (tertiary/aromatic N) is 2. The molecule has 5 nitrogen and oxygen atoms in total. The summed E-state index contributed by atoms with van der Waals surface area (Å²) in [5, 5.41) is 0. The number of hydrogen-bond donors (Lipinski definition) is 0. The molecule has 3 aromatic rings. The summed E-state index contributed by atoms with van der Waals surface area (Å²) in [5.74, 6) is -0.0225. The van der Waals surface area contributed by atoms with Gasteiger partial charge in [0, 0.05) is 18.4 Å². The third-order valence-electron chi connectivity index (χ3n) is 4.40. The van der Waals surface area contributed by atoms with Crippen molar-refractivity contribution in [3.63, 3.8) is 0 Å². The van der Waals surface area contributed by atoms with E-state index < -0.39 is 15.7 Å². The monoisotopic (exact) mass is 402 g/mol. The Morgan fingerprint density at radius 3 is 2.56 bits per heavy atom. The number of fused-ring (bicyclic) bond motifs is 1. The first kappa shape index (κ1) is 19.5. The van der Waals surface area contributed by atoms with Gasteiger partial charge in [-0.15, -0.1) is 0 Å². The molecule has 1 aromatic heterocycles. The molecule has 0 unspecified atom stereocenters. The minimum Gasteiger partial charge on any atom is -0.317 e. The average molecular weight is 403 g/mol. The first-order chi connectivity index (χ1) is 12.7. The van der Waals surface area contributed by atoms with Crippen molar-refractivity contribution in [2.24, 2.45) is 4.99 Å². The molecular weight excluding hydrogens is 380 g/mol. The van der Waals surface area contributed by atoms with Crippen molar-refractivity contribution in [2.75, 3.05) is 6.26 Å². The Morgan fingerprint density at radius 1 is 1.19 bits per heavy atom. The number of hydrogen-bond acceptors (Lipinski definition) is 4. The minimum absolute atomic E-state index is 0.116. The Balaban J connectivity index is 2.11. The van der Waals surface area contributed by atoms with Crippen LogP contribution in [0.15, 0.2) is 52.4 Å². The van der Waals surface area contributed by atoms with Crippen LogP contribution in [0, 0.1) is 0 Å². The number of aryl methyl sites for hydroxylation is 1. The quantitative estimate of drug-likeness (QED) is 0.663. The van der Waals surface area contributed by atoms with Crippen molar-refractivity contribution >= 4 is 37.3 Å². The number of carbonyl (C=O) groups is 1. The van der Waals surface area contributed by atoms with E-state index in [1.54, 1.807) is 12.1 Å². The molecule has 0 bridgehead atoms. The van der Waals surface area contributed by atoms with Gasteiger partial charge in [0.1, 0.15) is 0 Å². The highest BCUT2D eigenvalue weighted by Gasteiger charge is 2.13. The van der Waals surface area contributed by atoms with E-state index in [0.29, 0.717) is 17.3 Å². The van der Waals surface area contributed by atoms with Crippen molar-refractivity contribution in [1.29, 1.82) is 0 Å². The second kappa shape index (κ2) is 7.40. The van der Waals surface area contributed by atoms with Gasteiger partial charge >= 0.3 is 0 Å². The second-order valence-electron chi connectivity index (χ2n) is 6.73. The van der Waals surface area contributed by atoms with Crippen molar-refractivity contribution in [2.45, 2.75) is 38.1 Å². The molecule has 7 heteroatoms. The lowest BCUT2D eigenvalue weighted by molar-refractivity contribution is 0.0997. The lowest BCUT2D eigenvalue weighted by Gasteiger charge is -2.05. The van der Waals surface area contributed by atoms with Gasteiger partial charge in [-0.05, 0) is 48.7 Å². The smallest absolute Gasteiger partial charge is 0.279 e. The van der Waals surface area contributed by atoms with Crippen LogP contribution in [-0.4, -0.2) is 25.1 Å². The maximum atomic E-state index is 12.6. The normalized spacial score (nSPS) is 12.9. The van der Waals surface area contributed by atoms with Crippen molar-refractivity contribution < 1.29 is 13.2 Å². The maximum Gasteiger partial charge on any atom is 0.279 e. The topological polar surface area (TPSA) is 68.5 Å². The number of amides is 1. The van der Waals surface area contributed by atoms with Crippen LogP contribution in [0.4, 0.5) is 0 Å². The second-order valence-corrected chi connectivity index (χ2v) is 9.75. The molecule has 0 saturated carbocycles. The highest BCUT2D eigenvalue weighted by atomic mass is 32.2. The van der Waals surface area contributed by atoms with Crippen LogP contribution >= 0.6 is 11.3 Å². The summed E-state index contributed by atoms with van der Waals surface area (Å²) in [4.78, 5) is 17.7. The van der Waals surface area contributed by atoms with Crippen molar-refractivity contribution in [3.8, 4) is 0 Å². The molecule has 0 aliphatic carbocycles. The Kier molecular flexibility index (Phi) is 5.35.